The van der Waals surface area contributed by atoms with Gasteiger partial charge in [-0.05, 0) is 18.8 Å². The number of nitro benzene ring substituents is 1. The highest BCUT2D eigenvalue weighted by molar-refractivity contribution is 6.34. The first-order chi connectivity index (χ1) is 9.38. The fourth-order valence-corrected chi connectivity index (χ4v) is 2.44. The van der Waals surface area contributed by atoms with Gasteiger partial charge >= 0.3 is 5.97 Å². The minimum atomic E-state index is -1.29. The number of nitro groups is 1. The highest BCUT2D eigenvalue weighted by Crippen LogP contribution is 2.33. The van der Waals surface area contributed by atoms with E-state index in [4.69, 9.17) is 16.7 Å². The number of hydrogen-bond donors (Lipinski definition) is 3. The Balaban J connectivity index is 2.21. The van der Waals surface area contributed by atoms with Crippen molar-refractivity contribution in [2.75, 3.05) is 11.9 Å². The molecule has 1 aliphatic carbocycles. The van der Waals surface area contributed by atoms with Crippen molar-refractivity contribution in [3.63, 3.8) is 0 Å². The number of nitrogens with one attached hydrogen (secondary N) is 1. The lowest BCUT2D eigenvalue weighted by molar-refractivity contribution is -0.384. The van der Waals surface area contributed by atoms with Crippen LogP contribution in [0.3, 0.4) is 0 Å². The molecule has 1 aromatic carbocycles. The molecule has 108 valence electrons. The first-order valence-corrected chi connectivity index (χ1v) is 6.39. The van der Waals surface area contributed by atoms with Crippen molar-refractivity contribution in [3.8, 4) is 0 Å². The van der Waals surface area contributed by atoms with E-state index in [2.05, 4.69) is 5.32 Å². The summed E-state index contributed by atoms with van der Waals surface area (Å²) in [6.07, 6.45) is 1.01. The standard InChI is InChI=1S/C12H13ClN2O5/c13-10-4-7(15(19)20)3-9(12(17)18)11(10)14-5-6-1-8(16)2-6/h3-4,6,8,14,16H,1-2,5H2,(H,17,18). The van der Waals surface area contributed by atoms with Crippen LogP contribution in [-0.4, -0.2) is 33.8 Å². The van der Waals surface area contributed by atoms with Crippen molar-refractivity contribution in [1.29, 1.82) is 0 Å². The van der Waals surface area contributed by atoms with Crippen LogP contribution in [-0.2, 0) is 0 Å². The first-order valence-electron chi connectivity index (χ1n) is 6.01. The Kier molecular flexibility index (Phi) is 4.10. The van der Waals surface area contributed by atoms with Crippen LogP contribution in [0.5, 0.6) is 0 Å². The van der Waals surface area contributed by atoms with E-state index < -0.39 is 10.9 Å². The third-order valence-electron chi connectivity index (χ3n) is 3.29. The van der Waals surface area contributed by atoms with Gasteiger partial charge in [0.25, 0.3) is 5.69 Å². The van der Waals surface area contributed by atoms with E-state index in [1.54, 1.807) is 0 Å². The number of carboxylic acid groups (broad SMARTS) is 1. The van der Waals surface area contributed by atoms with Crippen LogP contribution >= 0.6 is 11.6 Å². The van der Waals surface area contributed by atoms with Gasteiger partial charge in [-0.25, -0.2) is 4.79 Å². The van der Waals surface area contributed by atoms with E-state index >= 15 is 0 Å². The second-order valence-electron chi connectivity index (χ2n) is 4.78. The number of aliphatic hydroxyl groups is 1. The van der Waals surface area contributed by atoms with Crippen molar-refractivity contribution >= 4 is 28.9 Å². The minimum absolute atomic E-state index is 0.00327. The van der Waals surface area contributed by atoms with Gasteiger partial charge in [0.2, 0.25) is 0 Å². The van der Waals surface area contributed by atoms with Gasteiger partial charge in [-0.2, -0.15) is 0 Å². The quantitative estimate of drug-likeness (QED) is 0.567. The number of benzene rings is 1. The fraction of sp³-hybridized carbons (Fsp3) is 0.417. The van der Waals surface area contributed by atoms with Gasteiger partial charge < -0.3 is 15.5 Å². The van der Waals surface area contributed by atoms with Crippen LogP contribution in [0.2, 0.25) is 5.02 Å². The third kappa shape index (κ3) is 3.00. The van der Waals surface area contributed by atoms with E-state index in [1.165, 1.54) is 0 Å². The van der Waals surface area contributed by atoms with Gasteiger partial charge in [-0.1, -0.05) is 11.6 Å². The lowest BCUT2D eigenvalue weighted by atomic mass is 9.82. The summed E-state index contributed by atoms with van der Waals surface area (Å²) in [4.78, 5) is 21.2. The van der Waals surface area contributed by atoms with Crippen LogP contribution in [0.25, 0.3) is 0 Å². The Morgan fingerprint density at radius 3 is 2.65 bits per heavy atom. The second-order valence-corrected chi connectivity index (χ2v) is 5.19. The highest BCUT2D eigenvalue weighted by Gasteiger charge is 2.28. The zero-order valence-corrected chi connectivity index (χ0v) is 11.1. The Morgan fingerprint density at radius 1 is 1.50 bits per heavy atom. The molecular formula is C12H13ClN2O5. The van der Waals surface area contributed by atoms with Gasteiger partial charge in [0.05, 0.1) is 27.3 Å². The molecular weight excluding hydrogens is 288 g/mol. The molecule has 0 saturated heterocycles. The number of halogens is 1. The van der Waals surface area contributed by atoms with E-state index in [1.807, 2.05) is 0 Å². The maximum atomic E-state index is 11.2. The van der Waals surface area contributed by atoms with Gasteiger partial charge in [0.1, 0.15) is 0 Å². The third-order valence-corrected chi connectivity index (χ3v) is 3.59. The van der Waals surface area contributed by atoms with Gasteiger partial charge in [-0.3, -0.25) is 10.1 Å². The Hall–Kier alpha value is -1.86. The minimum Gasteiger partial charge on any atom is -0.478 e. The van der Waals surface area contributed by atoms with E-state index in [9.17, 15) is 20.0 Å². The second kappa shape index (κ2) is 5.64. The molecule has 0 aromatic heterocycles. The summed E-state index contributed by atoms with van der Waals surface area (Å²) in [7, 11) is 0. The molecule has 0 aliphatic heterocycles. The first kappa shape index (κ1) is 14.5. The molecule has 3 N–H and O–H groups in total. The maximum absolute atomic E-state index is 11.2. The summed E-state index contributed by atoms with van der Waals surface area (Å²) in [6.45, 7) is 0.467. The van der Waals surface area contributed by atoms with E-state index in [0.29, 0.717) is 19.4 Å². The highest BCUT2D eigenvalue weighted by atomic mass is 35.5. The van der Waals surface area contributed by atoms with Crippen molar-refractivity contribution in [3.05, 3.63) is 32.8 Å². The molecule has 0 atom stereocenters. The molecule has 0 amide bonds. The number of carboxylic acids is 1. The summed E-state index contributed by atoms with van der Waals surface area (Å²) in [5.74, 6) is -1.04. The molecule has 7 nitrogen and oxygen atoms in total. The average molecular weight is 301 g/mol. The molecule has 1 aliphatic rings. The summed E-state index contributed by atoms with van der Waals surface area (Å²) < 4.78 is 0. The number of carbonyl (C=O) groups is 1. The van der Waals surface area contributed by atoms with E-state index in [-0.39, 0.29) is 34.0 Å². The van der Waals surface area contributed by atoms with Gasteiger partial charge in [0.15, 0.2) is 0 Å². The molecule has 8 heteroatoms. The number of aliphatic hydroxyl groups excluding tert-OH is 1. The number of nitrogens with zero attached hydrogens (tertiary/aromatic N) is 1. The molecule has 20 heavy (non-hydrogen) atoms. The fourth-order valence-electron chi connectivity index (χ4n) is 2.16. The number of non-ortho nitro benzene ring substituents is 1. The number of aromatic carboxylic acids is 1. The monoisotopic (exact) mass is 300 g/mol. The zero-order valence-electron chi connectivity index (χ0n) is 10.4. The van der Waals surface area contributed by atoms with Gasteiger partial charge in [-0.15, -0.1) is 0 Å². The van der Waals surface area contributed by atoms with Crippen LogP contribution in [0.1, 0.15) is 23.2 Å². The predicted octanol–water partition coefficient (Wildman–Crippen LogP) is 2.13. The van der Waals surface area contributed by atoms with Gasteiger partial charge in [0, 0.05) is 18.7 Å². The normalized spacial score (nSPS) is 21.1. The molecule has 0 bridgehead atoms. The van der Waals surface area contributed by atoms with Crippen LogP contribution in [0.15, 0.2) is 12.1 Å². The SMILES string of the molecule is O=C(O)c1cc([N+](=O)[O-])cc(Cl)c1NCC1CC(O)C1. The predicted molar refractivity (Wildman–Crippen MR) is 72.3 cm³/mol. The Labute approximate surface area is 119 Å². The Morgan fingerprint density at radius 2 is 2.15 bits per heavy atom. The molecule has 0 radical (unpaired) electrons. The lowest BCUT2D eigenvalue weighted by Crippen LogP contribution is -2.33. The lowest BCUT2D eigenvalue weighted by Gasteiger charge is -2.31. The van der Waals surface area contributed by atoms with Crippen LogP contribution < -0.4 is 5.32 Å². The van der Waals surface area contributed by atoms with Crippen LogP contribution in [0.4, 0.5) is 11.4 Å². The van der Waals surface area contributed by atoms with Crippen molar-refractivity contribution in [2.45, 2.75) is 18.9 Å². The maximum Gasteiger partial charge on any atom is 0.338 e. The summed E-state index contributed by atoms with van der Waals surface area (Å²) in [5, 5.41) is 31.9. The molecule has 0 unspecified atom stereocenters. The van der Waals surface area contributed by atoms with Crippen molar-refractivity contribution < 1.29 is 19.9 Å². The van der Waals surface area contributed by atoms with Crippen molar-refractivity contribution in [2.24, 2.45) is 5.92 Å². The topological polar surface area (TPSA) is 113 Å². The number of anilines is 1. The Bertz CT molecular complexity index is 557. The van der Waals surface area contributed by atoms with Crippen molar-refractivity contribution in [1.82, 2.24) is 0 Å². The smallest absolute Gasteiger partial charge is 0.338 e. The van der Waals surface area contributed by atoms with Crippen LogP contribution in [0, 0.1) is 16.0 Å². The number of rotatable bonds is 5. The zero-order chi connectivity index (χ0) is 14.9. The summed E-state index contributed by atoms with van der Waals surface area (Å²) in [6, 6.07) is 2.10. The number of hydrogen-bond acceptors (Lipinski definition) is 5. The summed E-state index contributed by atoms with van der Waals surface area (Å²) in [5.41, 5.74) is -0.424. The molecule has 0 heterocycles. The summed E-state index contributed by atoms with van der Waals surface area (Å²) >= 11 is 5.92. The average Bonchev–Trinajstić information content (AvgIpc) is 2.33. The molecule has 0 spiro atoms. The molecule has 1 saturated carbocycles. The molecule has 1 fully saturated rings. The molecule has 2 rings (SSSR count). The van der Waals surface area contributed by atoms with E-state index in [0.717, 1.165) is 12.1 Å². The molecule has 1 aromatic rings. The largest absolute Gasteiger partial charge is 0.478 e.